The molecule has 0 spiro atoms. The molecule has 4 rings (SSSR count). The van der Waals surface area contributed by atoms with E-state index < -0.39 is 0 Å². The number of benzene rings is 2. The Kier molecular flexibility index (Phi) is 4.53. The normalized spacial score (nSPS) is 18.3. The third-order valence-electron chi connectivity index (χ3n) is 4.86. The number of fused-ring (bicyclic) bond motifs is 1. The van der Waals surface area contributed by atoms with Crippen molar-refractivity contribution in [2.75, 3.05) is 26.6 Å². The number of aromatic nitrogens is 4. The van der Waals surface area contributed by atoms with Gasteiger partial charge >= 0.3 is 0 Å². The first kappa shape index (κ1) is 17.1. The molecule has 1 aliphatic heterocycles. The summed E-state index contributed by atoms with van der Waals surface area (Å²) in [5.41, 5.74) is 2.11. The first-order valence-corrected chi connectivity index (χ1v) is 8.64. The van der Waals surface area contributed by atoms with Crippen LogP contribution in [0.3, 0.4) is 0 Å². The average Bonchev–Trinajstić information content (AvgIpc) is 3.21. The van der Waals surface area contributed by atoms with Crippen LogP contribution in [0.1, 0.15) is 29.6 Å². The van der Waals surface area contributed by atoms with Crippen LogP contribution in [-0.4, -0.2) is 41.5 Å². The Morgan fingerprint density at radius 1 is 1.00 bits per heavy atom. The summed E-state index contributed by atoms with van der Waals surface area (Å²) in [5, 5.41) is 15.6. The fourth-order valence-electron chi connectivity index (χ4n) is 3.53. The van der Waals surface area contributed by atoms with E-state index in [1.165, 1.54) is 0 Å². The maximum absolute atomic E-state index is 5.64. The van der Waals surface area contributed by atoms with E-state index in [4.69, 9.17) is 14.2 Å². The van der Waals surface area contributed by atoms with Crippen molar-refractivity contribution in [2.45, 2.75) is 18.5 Å². The fourth-order valence-corrected chi connectivity index (χ4v) is 3.53. The SMILES string of the molecule is COc1ccc([C@H]2C[C@H](c3cccc(OC)c3OC)n3nnnc3N2)cc1. The molecular weight excluding hydrogens is 346 g/mol. The van der Waals surface area contributed by atoms with Gasteiger partial charge in [-0.15, -0.1) is 0 Å². The lowest BCUT2D eigenvalue weighted by Crippen LogP contribution is -2.28. The Balaban J connectivity index is 1.75. The van der Waals surface area contributed by atoms with Crippen LogP contribution in [0.25, 0.3) is 0 Å². The molecule has 0 unspecified atom stereocenters. The standard InChI is InChI=1S/C19H21N5O3/c1-25-13-9-7-12(8-10-13)15-11-16(24-19(20-15)21-22-23-24)14-5-4-6-17(26-2)18(14)27-3/h4-10,15-16H,11H2,1-3H3,(H,20,21,23)/t15-,16-/m1/s1. The number of methoxy groups -OCH3 is 3. The summed E-state index contributed by atoms with van der Waals surface area (Å²) < 4.78 is 18.1. The van der Waals surface area contributed by atoms with Crippen molar-refractivity contribution in [3.63, 3.8) is 0 Å². The molecule has 2 heterocycles. The number of para-hydroxylation sites is 1. The lowest BCUT2D eigenvalue weighted by atomic mass is 9.92. The van der Waals surface area contributed by atoms with Crippen molar-refractivity contribution >= 4 is 5.95 Å². The van der Waals surface area contributed by atoms with E-state index in [0.29, 0.717) is 17.4 Å². The van der Waals surface area contributed by atoms with Crippen LogP contribution in [0.5, 0.6) is 17.2 Å². The lowest BCUT2D eigenvalue weighted by Gasteiger charge is -2.32. The molecule has 1 aromatic heterocycles. The summed E-state index contributed by atoms with van der Waals surface area (Å²) in [4.78, 5) is 0. The van der Waals surface area contributed by atoms with Gasteiger partial charge in [0.1, 0.15) is 5.75 Å². The summed E-state index contributed by atoms with van der Waals surface area (Å²) >= 11 is 0. The first-order chi connectivity index (χ1) is 13.2. The number of nitrogens with zero attached hydrogens (tertiary/aromatic N) is 4. The molecule has 0 fully saturated rings. The average molecular weight is 367 g/mol. The highest BCUT2D eigenvalue weighted by atomic mass is 16.5. The predicted octanol–water partition coefficient (Wildman–Crippen LogP) is 2.85. The highest BCUT2D eigenvalue weighted by Gasteiger charge is 2.33. The Labute approximate surface area is 157 Å². The number of hydrogen-bond acceptors (Lipinski definition) is 7. The smallest absolute Gasteiger partial charge is 0.243 e. The van der Waals surface area contributed by atoms with Gasteiger partial charge in [-0.25, -0.2) is 4.68 Å². The number of nitrogens with one attached hydrogen (secondary N) is 1. The zero-order valence-corrected chi connectivity index (χ0v) is 15.4. The van der Waals surface area contributed by atoms with Crippen LogP contribution in [0, 0.1) is 0 Å². The van der Waals surface area contributed by atoms with E-state index in [2.05, 4.69) is 33.0 Å². The number of rotatable bonds is 5. The molecule has 27 heavy (non-hydrogen) atoms. The molecule has 1 N–H and O–H groups in total. The number of tetrazole rings is 1. The Bertz CT molecular complexity index is 925. The summed E-state index contributed by atoms with van der Waals surface area (Å²) in [6.45, 7) is 0. The molecule has 1 aliphatic rings. The summed E-state index contributed by atoms with van der Waals surface area (Å²) in [6, 6.07) is 13.8. The van der Waals surface area contributed by atoms with Crippen LogP contribution in [-0.2, 0) is 0 Å². The van der Waals surface area contributed by atoms with Gasteiger partial charge in [-0.2, -0.15) is 0 Å². The third kappa shape index (κ3) is 3.03. The topological polar surface area (TPSA) is 83.3 Å². The predicted molar refractivity (Wildman–Crippen MR) is 99.5 cm³/mol. The van der Waals surface area contributed by atoms with Crippen LogP contribution < -0.4 is 19.5 Å². The second-order valence-corrected chi connectivity index (χ2v) is 6.25. The van der Waals surface area contributed by atoms with Crippen LogP contribution in [0.2, 0.25) is 0 Å². The molecule has 2 atom stereocenters. The monoisotopic (exact) mass is 367 g/mol. The van der Waals surface area contributed by atoms with E-state index in [9.17, 15) is 0 Å². The maximum atomic E-state index is 5.64. The molecule has 0 aliphatic carbocycles. The molecule has 0 saturated carbocycles. The van der Waals surface area contributed by atoms with Gasteiger partial charge in [-0.3, -0.25) is 0 Å². The molecule has 0 amide bonds. The van der Waals surface area contributed by atoms with Crippen molar-refractivity contribution in [1.82, 2.24) is 20.2 Å². The highest BCUT2D eigenvalue weighted by molar-refractivity contribution is 5.50. The Morgan fingerprint density at radius 2 is 1.81 bits per heavy atom. The van der Waals surface area contributed by atoms with E-state index in [0.717, 1.165) is 23.3 Å². The molecule has 0 saturated heterocycles. The van der Waals surface area contributed by atoms with Gasteiger partial charge in [0.05, 0.1) is 33.4 Å². The van der Waals surface area contributed by atoms with Crippen molar-refractivity contribution in [3.8, 4) is 17.2 Å². The zero-order chi connectivity index (χ0) is 18.8. The maximum Gasteiger partial charge on any atom is 0.243 e. The van der Waals surface area contributed by atoms with Crippen molar-refractivity contribution < 1.29 is 14.2 Å². The molecule has 8 nitrogen and oxygen atoms in total. The van der Waals surface area contributed by atoms with Crippen molar-refractivity contribution in [1.29, 1.82) is 0 Å². The highest BCUT2D eigenvalue weighted by Crippen LogP contribution is 2.43. The zero-order valence-electron chi connectivity index (χ0n) is 15.4. The van der Waals surface area contributed by atoms with Crippen LogP contribution >= 0.6 is 0 Å². The van der Waals surface area contributed by atoms with Crippen molar-refractivity contribution in [2.24, 2.45) is 0 Å². The minimum Gasteiger partial charge on any atom is -0.497 e. The molecule has 2 aromatic carbocycles. The second kappa shape index (κ2) is 7.14. The van der Waals surface area contributed by atoms with E-state index in [-0.39, 0.29) is 12.1 Å². The van der Waals surface area contributed by atoms with Crippen LogP contribution in [0.15, 0.2) is 42.5 Å². The van der Waals surface area contributed by atoms with E-state index in [1.54, 1.807) is 26.0 Å². The first-order valence-electron chi connectivity index (χ1n) is 8.64. The van der Waals surface area contributed by atoms with Gasteiger partial charge in [0.2, 0.25) is 5.95 Å². The molecule has 140 valence electrons. The third-order valence-corrected chi connectivity index (χ3v) is 4.86. The van der Waals surface area contributed by atoms with Gasteiger partial charge in [0.15, 0.2) is 11.5 Å². The molecule has 3 aromatic rings. The minimum atomic E-state index is -0.0894. The quantitative estimate of drug-likeness (QED) is 0.742. The van der Waals surface area contributed by atoms with E-state index in [1.807, 2.05) is 30.3 Å². The fraction of sp³-hybridized carbons (Fsp3) is 0.316. The number of ether oxygens (including phenoxy) is 3. The molecule has 8 heteroatoms. The van der Waals surface area contributed by atoms with Crippen molar-refractivity contribution in [3.05, 3.63) is 53.6 Å². The van der Waals surface area contributed by atoms with Gasteiger partial charge < -0.3 is 19.5 Å². The molecular formula is C19H21N5O3. The molecule has 0 bridgehead atoms. The van der Waals surface area contributed by atoms with E-state index >= 15 is 0 Å². The van der Waals surface area contributed by atoms with Gasteiger partial charge in [0.25, 0.3) is 0 Å². The summed E-state index contributed by atoms with van der Waals surface area (Å²) in [5.74, 6) is 2.83. The lowest BCUT2D eigenvalue weighted by molar-refractivity contribution is 0.339. The summed E-state index contributed by atoms with van der Waals surface area (Å²) in [7, 11) is 4.93. The molecule has 0 radical (unpaired) electrons. The van der Waals surface area contributed by atoms with Gasteiger partial charge in [-0.1, -0.05) is 29.4 Å². The van der Waals surface area contributed by atoms with Gasteiger partial charge in [0, 0.05) is 5.56 Å². The Hall–Kier alpha value is -3.29. The number of anilines is 1. The second-order valence-electron chi connectivity index (χ2n) is 6.25. The van der Waals surface area contributed by atoms with Crippen LogP contribution in [0.4, 0.5) is 5.95 Å². The Morgan fingerprint density at radius 3 is 2.52 bits per heavy atom. The largest absolute Gasteiger partial charge is 0.497 e. The number of hydrogen-bond donors (Lipinski definition) is 1. The minimum absolute atomic E-state index is 0.0512. The summed E-state index contributed by atoms with van der Waals surface area (Å²) in [6.07, 6.45) is 0.758. The van der Waals surface area contributed by atoms with Gasteiger partial charge in [-0.05, 0) is 40.6 Å².